The highest BCUT2D eigenvalue weighted by molar-refractivity contribution is 5.90. The average Bonchev–Trinajstić information content (AvgIpc) is 3.16. The number of carboxylic acids is 1. The summed E-state index contributed by atoms with van der Waals surface area (Å²) >= 11 is 0. The maximum atomic E-state index is 13.5. The molecule has 1 aromatic heterocycles. The van der Waals surface area contributed by atoms with Crippen molar-refractivity contribution in [3.63, 3.8) is 0 Å². The minimum atomic E-state index is -1.04. The summed E-state index contributed by atoms with van der Waals surface area (Å²) in [6.45, 7) is 5.97. The smallest absolute Gasteiger partial charge is 0.304 e. The molecule has 2 aliphatic rings. The zero-order chi connectivity index (χ0) is 32.4. The number of likely N-dealkylation sites (tertiary alicyclic amines) is 1. The quantitative estimate of drug-likeness (QED) is 0.283. The van der Waals surface area contributed by atoms with E-state index in [-0.39, 0.29) is 18.7 Å². The van der Waals surface area contributed by atoms with Crippen LogP contribution in [0.3, 0.4) is 0 Å². The molecule has 46 heavy (non-hydrogen) atoms. The van der Waals surface area contributed by atoms with Gasteiger partial charge in [-0.05, 0) is 80.9 Å². The number of benzene rings is 1. The van der Waals surface area contributed by atoms with Crippen molar-refractivity contribution in [2.75, 3.05) is 46.0 Å². The van der Waals surface area contributed by atoms with Gasteiger partial charge in [-0.2, -0.15) is 0 Å². The lowest BCUT2D eigenvalue weighted by molar-refractivity contribution is -0.141. The van der Waals surface area contributed by atoms with E-state index in [2.05, 4.69) is 15.5 Å². The van der Waals surface area contributed by atoms with E-state index in [0.717, 1.165) is 29.8 Å². The fraction of sp³-hybridized carbons (Fsp3) is 0.528. The van der Waals surface area contributed by atoms with Gasteiger partial charge in [0.25, 0.3) is 0 Å². The number of nitrogens with zero attached hydrogens (tertiary/aromatic N) is 2. The normalized spacial score (nSPS) is 18.2. The SMILES string of the molecule is O=C(O)C[C@@H](CCCc1ccc(OCCCN2CCCCC2)cc1)C(=O)NC1Cc2ccccccn(c2)CCOCCNC1=O. The number of hydrogen-bond acceptors (Lipinski definition) is 6. The Morgan fingerprint density at radius 3 is 2.61 bits per heavy atom. The summed E-state index contributed by atoms with van der Waals surface area (Å²) in [4.78, 5) is 40.9. The van der Waals surface area contributed by atoms with Gasteiger partial charge in [0.05, 0.1) is 26.2 Å². The number of aliphatic carboxylic acids is 1. The number of rotatable bonds is 13. The molecule has 3 heterocycles. The Hall–Kier alpha value is -3.89. The lowest BCUT2D eigenvalue weighted by atomic mass is 9.95. The van der Waals surface area contributed by atoms with E-state index in [1.165, 1.54) is 32.4 Å². The number of carbonyl (C=O) groups excluding carboxylic acids is 2. The molecule has 0 saturated carbocycles. The molecule has 2 atom stereocenters. The van der Waals surface area contributed by atoms with Crippen LogP contribution in [-0.2, 0) is 38.5 Å². The fourth-order valence-corrected chi connectivity index (χ4v) is 5.91. The molecule has 0 radical (unpaired) electrons. The Morgan fingerprint density at radius 1 is 1.00 bits per heavy atom. The van der Waals surface area contributed by atoms with E-state index < -0.39 is 23.8 Å². The predicted octanol–water partition coefficient (Wildman–Crippen LogP) is 4.15. The molecule has 0 aliphatic carbocycles. The van der Waals surface area contributed by atoms with Gasteiger partial charge in [-0.15, -0.1) is 0 Å². The van der Waals surface area contributed by atoms with Crippen LogP contribution in [0.2, 0.25) is 0 Å². The van der Waals surface area contributed by atoms with Gasteiger partial charge in [-0.1, -0.05) is 42.8 Å². The molecule has 2 bridgehead atoms. The topological polar surface area (TPSA) is 122 Å². The third kappa shape index (κ3) is 12.8. The van der Waals surface area contributed by atoms with Gasteiger partial charge >= 0.3 is 5.97 Å². The zero-order valence-corrected chi connectivity index (χ0v) is 26.9. The highest BCUT2D eigenvalue weighted by Crippen LogP contribution is 2.19. The molecule has 1 fully saturated rings. The first-order valence-corrected chi connectivity index (χ1v) is 16.8. The van der Waals surface area contributed by atoms with Crippen molar-refractivity contribution in [3.05, 3.63) is 78.1 Å². The molecule has 0 spiro atoms. The monoisotopic (exact) mass is 634 g/mol. The van der Waals surface area contributed by atoms with Crippen LogP contribution in [0.15, 0.2) is 67.0 Å². The van der Waals surface area contributed by atoms with Gasteiger partial charge in [0, 0.05) is 44.4 Å². The van der Waals surface area contributed by atoms with E-state index in [4.69, 9.17) is 9.47 Å². The molecule has 250 valence electrons. The predicted molar refractivity (Wildman–Crippen MR) is 177 cm³/mol. The van der Waals surface area contributed by atoms with Crippen molar-refractivity contribution < 1.29 is 29.0 Å². The number of aromatic nitrogens is 1. The summed E-state index contributed by atoms with van der Waals surface area (Å²) < 4.78 is 13.6. The number of fused-ring (bicyclic) bond motifs is 2. The van der Waals surface area contributed by atoms with Crippen LogP contribution < -0.4 is 15.4 Å². The summed E-state index contributed by atoms with van der Waals surface area (Å²) in [5.41, 5.74) is 1.95. The first-order chi connectivity index (χ1) is 22.5. The third-order valence-electron chi connectivity index (χ3n) is 8.43. The van der Waals surface area contributed by atoms with Crippen LogP contribution in [0.25, 0.3) is 0 Å². The molecule has 1 saturated heterocycles. The van der Waals surface area contributed by atoms with Gasteiger partial charge in [0.2, 0.25) is 11.8 Å². The molecule has 10 heteroatoms. The molecule has 3 N–H and O–H groups in total. The Bertz CT molecular complexity index is 1290. The number of carboxylic acid groups (broad SMARTS) is 1. The number of hydrogen-bond donors (Lipinski definition) is 3. The average molecular weight is 635 g/mol. The van der Waals surface area contributed by atoms with Crippen molar-refractivity contribution in [2.45, 2.75) is 70.4 Å². The lowest BCUT2D eigenvalue weighted by Crippen LogP contribution is -2.50. The molecule has 1 aromatic carbocycles. The molecule has 4 rings (SSSR count). The summed E-state index contributed by atoms with van der Waals surface area (Å²) in [6, 6.07) is 16.7. The summed E-state index contributed by atoms with van der Waals surface area (Å²) in [5.74, 6) is -1.72. The van der Waals surface area contributed by atoms with Crippen LogP contribution in [0.1, 0.15) is 56.1 Å². The number of ether oxygens (including phenoxy) is 2. The lowest BCUT2D eigenvalue weighted by Gasteiger charge is -2.26. The third-order valence-corrected chi connectivity index (χ3v) is 8.43. The van der Waals surface area contributed by atoms with Crippen LogP contribution >= 0.6 is 0 Å². The molecular formula is C36H50N4O6. The van der Waals surface area contributed by atoms with E-state index in [0.29, 0.717) is 52.2 Å². The second kappa shape index (κ2) is 19.6. The van der Waals surface area contributed by atoms with Crippen molar-refractivity contribution in [2.24, 2.45) is 5.92 Å². The van der Waals surface area contributed by atoms with Crippen LogP contribution in [-0.4, -0.2) is 84.4 Å². The van der Waals surface area contributed by atoms with E-state index in [9.17, 15) is 19.5 Å². The Balaban J connectivity index is 1.32. The Labute approximate surface area is 272 Å². The number of nitrogens with one attached hydrogen (secondary N) is 2. The Morgan fingerprint density at radius 2 is 1.80 bits per heavy atom. The molecule has 2 aromatic rings. The van der Waals surface area contributed by atoms with E-state index in [1.807, 2.05) is 71.6 Å². The number of carbonyl (C=O) groups is 3. The Kier molecular flexibility index (Phi) is 14.9. The molecule has 2 aliphatic heterocycles. The van der Waals surface area contributed by atoms with Gasteiger partial charge < -0.3 is 34.7 Å². The minimum Gasteiger partial charge on any atom is -0.494 e. The largest absolute Gasteiger partial charge is 0.494 e. The molecular weight excluding hydrogens is 584 g/mol. The first-order valence-electron chi connectivity index (χ1n) is 16.8. The number of piperidine rings is 1. The summed E-state index contributed by atoms with van der Waals surface area (Å²) in [6.07, 6.45) is 10.5. The van der Waals surface area contributed by atoms with E-state index >= 15 is 0 Å². The minimum absolute atomic E-state index is 0.263. The van der Waals surface area contributed by atoms with Crippen molar-refractivity contribution in [3.8, 4) is 5.75 Å². The van der Waals surface area contributed by atoms with Crippen LogP contribution in [0, 0.1) is 5.92 Å². The first kappa shape index (κ1) is 35.0. The maximum absolute atomic E-state index is 13.5. The van der Waals surface area contributed by atoms with Gasteiger partial charge in [-0.3, -0.25) is 14.4 Å². The van der Waals surface area contributed by atoms with E-state index in [1.54, 1.807) is 0 Å². The fourth-order valence-electron chi connectivity index (χ4n) is 5.91. The zero-order valence-electron chi connectivity index (χ0n) is 26.9. The van der Waals surface area contributed by atoms with Crippen molar-refractivity contribution in [1.29, 1.82) is 0 Å². The second-order valence-corrected chi connectivity index (χ2v) is 12.1. The number of amides is 2. The van der Waals surface area contributed by atoms with Gasteiger partial charge in [-0.25, -0.2) is 0 Å². The number of aryl methyl sites for hydroxylation is 1. The summed E-state index contributed by atoms with van der Waals surface area (Å²) in [7, 11) is 0. The second-order valence-electron chi connectivity index (χ2n) is 12.1. The molecule has 10 nitrogen and oxygen atoms in total. The van der Waals surface area contributed by atoms with Crippen LogP contribution in [0.4, 0.5) is 0 Å². The highest BCUT2D eigenvalue weighted by atomic mass is 16.5. The molecule has 2 amide bonds. The van der Waals surface area contributed by atoms with Crippen molar-refractivity contribution in [1.82, 2.24) is 20.1 Å². The van der Waals surface area contributed by atoms with Crippen LogP contribution in [0.5, 0.6) is 5.75 Å². The van der Waals surface area contributed by atoms with Crippen molar-refractivity contribution >= 4 is 17.8 Å². The molecule has 1 unspecified atom stereocenters. The summed E-state index contributed by atoms with van der Waals surface area (Å²) in [5, 5.41) is 15.3. The van der Waals surface area contributed by atoms with Gasteiger partial charge in [0.1, 0.15) is 11.8 Å². The standard InChI is InChI=1S/C36H50N4O6/c41-34(42)27-31(12-8-11-29-13-15-32(16-14-29)46-23-9-21-39-18-6-3-7-19-39)35(43)38-33-26-30-10-4-1-2-5-20-40(28-30)22-25-45-24-17-37-36(33)44/h1-2,4-5,10,13-16,20,28,31,33H,3,6-9,11-12,17-19,21-27H2,(H,37,44)(H,38,43)(H,41,42)/t31-,33?/m1/s1. The highest BCUT2D eigenvalue weighted by Gasteiger charge is 2.27. The van der Waals surface area contributed by atoms with Gasteiger partial charge in [0.15, 0.2) is 0 Å². The maximum Gasteiger partial charge on any atom is 0.304 e.